The topological polar surface area (TPSA) is 70.5 Å². The van der Waals surface area contributed by atoms with Crippen LogP contribution in [0.3, 0.4) is 0 Å². The zero-order chi connectivity index (χ0) is 13.5. The Bertz CT molecular complexity index is 465. The summed E-state index contributed by atoms with van der Waals surface area (Å²) in [5, 5.41) is 8.60. The lowest BCUT2D eigenvalue weighted by Gasteiger charge is -2.19. The van der Waals surface area contributed by atoms with E-state index < -0.39 is 5.97 Å². The number of pyridine rings is 1. The van der Waals surface area contributed by atoms with Crippen LogP contribution in [0, 0.1) is 0 Å². The molecule has 1 amide bonds. The number of carbonyl (C=O) groups excluding carboxylic acids is 1. The Morgan fingerprint density at radius 2 is 2.06 bits per heavy atom. The minimum Gasteiger partial charge on any atom is -0.478 e. The first-order chi connectivity index (χ1) is 8.60. The van der Waals surface area contributed by atoms with Crippen LogP contribution >= 0.6 is 0 Å². The second-order valence-electron chi connectivity index (χ2n) is 3.61. The maximum atomic E-state index is 12.2. The van der Waals surface area contributed by atoms with Crippen molar-refractivity contribution < 1.29 is 14.7 Å². The van der Waals surface area contributed by atoms with Crippen LogP contribution in [0.15, 0.2) is 24.5 Å². The van der Waals surface area contributed by atoms with Crippen LogP contribution in [-0.4, -0.2) is 40.0 Å². The number of rotatable bonds is 5. The van der Waals surface area contributed by atoms with Crippen LogP contribution in [0.1, 0.15) is 29.8 Å². The Hall–Kier alpha value is -2.17. The Kier molecular flexibility index (Phi) is 5.05. The second-order valence-corrected chi connectivity index (χ2v) is 3.61. The van der Waals surface area contributed by atoms with Gasteiger partial charge < -0.3 is 10.0 Å². The standard InChI is InChI=1S/C13H16N2O3/c1-3-15(4-2)13(18)11-7-8-14-9-10(11)5-6-12(16)17/h5-9H,3-4H2,1-2H3,(H,16,17). The van der Waals surface area contributed by atoms with Gasteiger partial charge in [0.2, 0.25) is 0 Å². The van der Waals surface area contributed by atoms with Crippen molar-refractivity contribution in [2.45, 2.75) is 13.8 Å². The molecule has 1 aromatic heterocycles. The molecule has 0 spiro atoms. The van der Waals surface area contributed by atoms with Gasteiger partial charge in [0.1, 0.15) is 0 Å². The predicted octanol–water partition coefficient (Wildman–Crippen LogP) is 1.66. The van der Waals surface area contributed by atoms with Crippen LogP contribution in [0.5, 0.6) is 0 Å². The smallest absolute Gasteiger partial charge is 0.328 e. The average molecular weight is 248 g/mol. The normalized spacial score (nSPS) is 10.6. The molecule has 0 aliphatic rings. The number of amides is 1. The molecule has 0 aliphatic carbocycles. The minimum absolute atomic E-state index is 0.118. The van der Waals surface area contributed by atoms with Crippen LogP contribution < -0.4 is 0 Å². The van der Waals surface area contributed by atoms with Crippen LogP contribution in [0.25, 0.3) is 6.08 Å². The number of carbonyl (C=O) groups is 2. The van der Waals surface area contributed by atoms with Crippen molar-refractivity contribution in [3.05, 3.63) is 35.7 Å². The molecule has 0 radical (unpaired) electrons. The first kappa shape index (κ1) is 13.9. The first-order valence-electron chi connectivity index (χ1n) is 5.74. The zero-order valence-electron chi connectivity index (χ0n) is 10.5. The molecule has 0 bridgehead atoms. The summed E-state index contributed by atoms with van der Waals surface area (Å²) in [7, 11) is 0. The molecule has 5 nitrogen and oxygen atoms in total. The van der Waals surface area contributed by atoms with E-state index in [1.807, 2.05) is 13.8 Å². The van der Waals surface area contributed by atoms with Gasteiger partial charge in [0.05, 0.1) is 0 Å². The van der Waals surface area contributed by atoms with E-state index >= 15 is 0 Å². The molecule has 0 saturated heterocycles. The molecule has 0 aliphatic heterocycles. The highest BCUT2D eigenvalue weighted by Gasteiger charge is 2.15. The van der Waals surface area contributed by atoms with Crippen LogP contribution in [0.4, 0.5) is 0 Å². The van der Waals surface area contributed by atoms with Crippen molar-refractivity contribution in [1.29, 1.82) is 0 Å². The minimum atomic E-state index is -1.06. The Morgan fingerprint density at radius 1 is 1.39 bits per heavy atom. The molecule has 0 atom stereocenters. The highest BCUT2D eigenvalue weighted by Crippen LogP contribution is 2.12. The van der Waals surface area contributed by atoms with Crippen molar-refractivity contribution >= 4 is 18.0 Å². The molecule has 96 valence electrons. The fraction of sp³-hybridized carbons (Fsp3) is 0.308. The molecule has 0 saturated carbocycles. The van der Waals surface area contributed by atoms with Crippen molar-refractivity contribution in [3.63, 3.8) is 0 Å². The molecule has 0 unspecified atom stereocenters. The van der Waals surface area contributed by atoms with Crippen LogP contribution in [-0.2, 0) is 4.79 Å². The Labute approximate surface area is 106 Å². The molecule has 5 heteroatoms. The summed E-state index contributed by atoms with van der Waals surface area (Å²) >= 11 is 0. The van der Waals surface area contributed by atoms with Gasteiger partial charge in [-0.25, -0.2) is 4.79 Å². The van der Waals surface area contributed by atoms with Gasteiger partial charge in [0.15, 0.2) is 0 Å². The lowest BCUT2D eigenvalue weighted by atomic mass is 10.1. The van der Waals surface area contributed by atoms with Gasteiger partial charge in [0.25, 0.3) is 5.91 Å². The van der Waals surface area contributed by atoms with E-state index in [2.05, 4.69) is 4.98 Å². The van der Waals surface area contributed by atoms with Crippen molar-refractivity contribution in [3.8, 4) is 0 Å². The lowest BCUT2D eigenvalue weighted by Crippen LogP contribution is -2.31. The fourth-order valence-electron chi connectivity index (χ4n) is 1.58. The lowest BCUT2D eigenvalue weighted by molar-refractivity contribution is -0.131. The molecule has 0 fully saturated rings. The summed E-state index contributed by atoms with van der Waals surface area (Å²) in [5.41, 5.74) is 0.975. The van der Waals surface area contributed by atoms with Gasteiger partial charge in [0, 0.05) is 42.7 Å². The largest absolute Gasteiger partial charge is 0.478 e. The van der Waals surface area contributed by atoms with Crippen molar-refractivity contribution in [2.75, 3.05) is 13.1 Å². The van der Waals surface area contributed by atoms with E-state index in [1.165, 1.54) is 18.5 Å². The summed E-state index contributed by atoms with van der Waals surface area (Å²) in [4.78, 5) is 28.3. The third kappa shape index (κ3) is 3.41. The quantitative estimate of drug-likeness (QED) is 0.804. The van der Waals surface area contributed by atoms with Gasteiger partial charge in [-0.2, -0.15) is 0 Å². The maximum absolute atomic E-state index is 12.2. The van der Waals surface area contributed by atoms with Crippen molar-refractivity contribution in [1.82, 2.24) is 9.88 Å². The van der Waals surface area contributed by atoms with E-state index in [9.17, 15) is 9.59 Å². The summed E-state index contributed by atoms with van der Waals surface area (Å²) in [6.45, 7) is 5.02. The number of nitrogens with zero attached hydrogens (tertiary/aromatic N) is 2. The molecule has 1 rings (SSSR count). The maximum Gasteiger partial charge on any atom is 0.328 e. The summed E-state index contributed by atoms with van der Waals surface area (Å²) in [6.07, 6.45) is 5.38. The summed E-state index contributed by atoms with van der Waals surface area (Å²) in [6, 6.07) is 1.60. The van der Waals surface area contributed by atoms with E-state index in [4.69, 9.17) is 5.11 Å². The number of hydrogen-bond acceptors (Lipinski definition) is 3. The first-order valence-corrected chi connectivity index (χ1v) is 5.74. The highest BCUT2D eigenvalue weighted by atomic mass is 16.4. The SMILES string of the molecule is CCN(CC)C(=O)c1ccncc1C=CC(=O)O. The highest BCUT2D eigenvalue weighted by molar-refractivity contribution is 5.98. The second kappa shape index (κ2) is 6.54. The molecule has 0 aromatic carbocycles. The molecular formula is C13H16N2O3. The molecule has 1 aromatic rings. The predicted molar refractivity (Wildman–Crippen MR) is 68.2 cm³/mol. The Balaban J connectivity index is 3.08. The zero-order valence-corrected chi connectivity index (χ0v) is 10.5. The number of aromatic nitrogens is 1. The Morgan fingerprint density at radius 3 is 2.61 bits per heavy atom. The van der Waals surface area contributed by atoms with E-state index in [-0.39, 0.29) is 5.91 Å². The molecular weight excluding hydrogens is 232 g/mol. The third-order valence-corrected chi connectivity index (χ3v) is 2.54. The summed E-state index contributed by atoms with van der Waals surface area (Å²) in [5.74, 6) is -1.17. The molecule has 1 N–H and O–H groups in total. The van der Waals surface area contributed by atoms with Gasteiger partial charge in [-0.05, 0) is 26.0 Å². The fourth-order valence-corrected chi connectivity index (χ4v) is 1.58. The molecule has 1 heterocycles. The van der Waals surface area contributed by atoms with Crippen LogP contribution in [0.2, 0.25) is 0 Å². The van der Waals surface area contributed by atoms with Gasteiger partial charge >= 0.3 is 5.97 Å². The van der Waals surface area contributed by atoms with E-state index in [1.54, 1.807) is 11.0 Å². The van der Waals surface area contributed by atoms with E-state index in [0.29, 0.717) is 24.2 Å². The number of carboxylic acid groups (broad SMARTS) is 1. The van der Waals surface area contributed by atoms with Crippen molar-refractivity contribution in [2.24, 2.45) is 0 Å². The number of carboxylic acids is 1. The number of hydrogen-bond donors (Lipinski definition) is 1. The molecule has 18 heavy (non-hydrogen) atoms. The van der Waals surface area contributed by atoms with E-state index in [0.717, 1.165) is 6.08 Å². The monoisotopic (exact) mass is 248 g/mol. The van der Waals surface area contributed by atoms with Gasteiger partial charge in [-0.3, -0.25) is 9.78 Å². The number of aliphatic carboxylic acids is 1. The summed E-state index contributed by atoms with van der Waals surface area (Å²) < 4.78 is 0. The average Bonchev–Trinajstić information content (AvgIpc) is 2.38. The van der Waals surface area contributed by atoms with Gasteiger partial charge in [-0.1, -0.05) is 0 Å². The third-order valence-electron chi connectivity index (χ3n) is 2.54. The van der Waals surface area contributed by atoms with Gasteiger partial charge in [-0.15, -0.1) is 0 Å².